The molecule has 0 radical (unpaired) electrons. The Balaban J connectivity index is 1.27. The van der Waals surface area contributed by atoms with E-state index in [1.165, 1.54) is 7.05 Å². The van der Waals surface area contributed by atoms with E-state index in [0.29, 0.717) is 46.2 Å². The summed E-state index contributed by atoms with van der Waals surface area (Å²) in [5, 5.41) is 41.3. The van der Waals surface area contributed by atoms with Crippen molar-refractivity contribution in [3.05, 3.63) is 71.4 Å². The molecule has 2 amide bonds. The van der Waals surface area contributed by atoms with Crippen LogP contribution in [0.3, 0.4) is 0 Å². The minimum atomic E-state index is -0.853. The molecule has 46 heavy (non-hydrogen) atoms. The first-order chi connectivity index (χ1) is 22.3. The standard InChI is InChI=1S/C32H34N10O4/c1-18(43)28-24(17-42(40-28)22-15-41(16-22)14-21-7-4-6-20(13-33)35-21)23-8-5-9-25(30(23)46-3)36-26-12-27(37-31(44)19-10-11-19)38-39-29(26)32(45)34-2/h4-9,12,17-19,22,43H,10-11,14-16H2,1-3H3,(H,34,45)(H2,36,37,38,44). The Morgan fingerprint density at radius 1 is 1.13 bits per heavy atom. The van der Waals surface area contributed by atoms with E-state index in [1.807, 2.05) is 35.1 Å². The second kappa shape index (κ2) is 12.9. The topological polar surface area (TPSA) is 183 Å². The fraction of sp³-hybridized carbons (Fsp3) is 0.344. The molecule has 236 valence electrons. The number of carbonyl (C=O) groups excluding carboxylic acids is 2. The van der Waals surface area contributed by atoms with Gasteiger partial charge in [-0.2, -0.15) is 10.4 Å². The van der Waals surface area contributed by atoms with E-state index < -0.39 is 12.0 Å². The highest BCUT2D eigenvalue weighted by Gasteiger charge is 2.32. The first kappa shape index (κ1) is 30.6. The maximum Gasteiger partial charge on any atom is 0.273 e. The third kappa shape index (κ3) is 6.37. The van der Waals surface area contributed by atoms with Crippen molar-refractivity contribution in [2.75, 3.05) is 37.9 Å². The average Bonchev–Trinajstić information content (AvgIpc) is 3.81. The molecule has 1 aromatic carbocycles. The smallest absolute Gasteiger partial charge is 0.273 e. The van der Waals surface area contributed by atoms with E-state index >= 15 is 0 Å². The number of para-hydroxylation sites is 1. The molecule has 0 spiro atoms. The van der Waals surface area contributed by atoms with Gasteiger partial charge in [-0.05, 0) is 38.0 Å². The van der Waals surface area contributed by atoms with Crippen molar-refractivity contribution in [2.24, 2.45) is 5.92 Å². The number of methoxy groups -OCH3 is 1. The Morgan fingerprint density at radius 3 is 2.61 bits per heavy atom. The number of nitrogens with zero attached hydrogens (tertiary/aromatic N) is 7. The van der Waals surface area contributed by atoms with Crippen LogP contribution in [0.5, 0.6) is 5.75 Å². The largest absolute Gasteiger partial charge is 0.494 e. The summed E-state index contributed by atoms with van der Waals surface area (Å²) in [7, 11) is 3.04. The van der Waals surface area contributed by atoms with Gasteiger partial charge in [0.1, 0.15) is 17.5 Å². The van der Waals surface area contributed by atoms with Crippen molar-refractivity contribution in [1.82, 2.24) is 35.2 Å². The number of aromatic nitrogens is 5. The fourth-order valence-electron chi connectivity index (χ4n) is 5.43. The summed E-state index contributed by atoms with van der Waals surface area (Å²) in [5.74, 6) is 0.0773. The number of nitriles is 1. The Labute approximate surface area is 265 Å². The number of nitrogens with one attached hydrogen (secondary N) is 3. The molecule has 1 aliphatic carbocycles. The summed E-state index contributed by atoms with van der Waals surface area (Å²) in [6.07, 6.45) is 2.73. The summed E-state index contributed by atoms with van der Waals surface area (Å²) in [6.45, 7) is 3.75. The van der Waals surface area contributed by atoms with Crippen LogP contribution in [0.2, 0.25) is 0 Å². The monoisotopic (exact) mass is 622 g/mol. The van der Waals surface area contributed by atoms with Crippen molar-refractivity contribution in [3.8, 4) is 22.9 Å². The average molecular weight is 623 g/mol. The highest BCUT2D eigenvalue weighted by atomic mass is 16.5. The van der Waals surface area contributed by atoms with Crippen molar-refractivity contribution in [2.45, 2.75) is 38.5 Å². The first-order valence-electron chi connectivity index (χ1n) is 15.0. The zero-order chi connectivity index (χ0) is 32.4. The molecule has 3 aromatic heterocycles. The molecule has 1 atom stereocenters. The molecule has 4 heterocycles. The van der Waals surface area contributed by atoms with Gasteiger partial charge >= 0.3 is 0 Å². The van der Waals surface area contributed by atoms with E-state index in [1.54, 1.807) is 32.2 Å². The van der Waals surface area contributed by atoms with Crippen LogP contribution in [0.25, 0.3) is 11.1 Å². The van der Waals surface area contributed by atoms with Crippen LogP contribution in [0.4, 0.5) is 17.2 Å². The third-order valence-corrected chi connectivity index (χ3v) is 7.99. The summed E-state index contributed by atoms with van der Waals surface area (Å²) in [4.78, 5) is 31.6. The molecule has 1 unspecified atom stereocenters. The Bertz CT molecular complexity index is 1820. The summed E-state index contributed by atoms with van der Waals surface area (Å²) in [5.41, 5.74) is 4.02. The van der Waals surface area contributed by atoms with Crippen LogP contribution in [0, 0.1) is 17.2 Å². The van der Waals surface area contributed by atoms with Gasteiger partial charge in [-0.25, -0.2) is 4.98 Å². The molecule has 6 rings (SSSR count). The molecular weight excluding hydrogens is 588 g/mol. The van der Waals surface area contributed by atoms with Gasteiger partial charge in [0.05, 0.1) is 42.0 Å². The van der Waals surface area contributed by atoms with Gasteiger partial charge in [0.15, 0.2) is 11.5 Å². The number of aliphatic hydroxyl groups is 1. The molecule has 2 aliphatic rings. The number of pyridine rings is 1. The van der Waals surface area contributed by atoms with E-state index in [0.717, 1.165) is 31.6 Å². The third-order valence-electron chi connectivity index (χ3n) is 7.99. The Morgan fingerprint density at radius 2 is 1.91 bits per heavy atom. The molecule has 4 N–H and O–H groups in total. The van der Waals surface area contributed by atoms with Gasteiger partial charge in [0.25, 0.3) is 5.91 Å². The summed E-state index contributed by atoms with van der Waals surface area (Å²) in [6, 6.07) is 14.7. The van der Waals surface area contributed by atoms with Gasteiger partial charge in [0.2, 0.25) is 5.91 Å². The minimum absolute atomic E-state index is 0.0286. The number of hydrogen-bond donors (Lipinski definition) is 4. The maximum atomic E-state index is 12.7. The number of aliphatic hydroxyl groups excluding tert-OH is 1. The molecule has 1 saturated carbocycles. The predicted molar refractivity (Wildman–Crippen MR) is 168 cm³/mol. The van der Waals surface area contributed by atoms with Crippen LogP contribution in [-0.4, -0.2) is 74.0 Å². The quantitative estimate of drug-likeness (QED) is 0.193. The number of carbonyl (C=O) groups is 2. The lowest BCUT2D eigenvalue weighted by atomic mass is 10.0. The zero-order valence-corrected chi connectivity index (χ0v) is 25.7. The normalized spacial score (nSPS) is 15.4. The molecule has 14 heteroatoms. The van der Waals surface area contributed by atoms with Crippen molar-refractivity contribution >= 4 is 29.0 Å². The van der Waals surface area contributed by atoms with Crippen LogP contribution in [-0.2, 0) is 11.3 Å². The fourth-order valence-corrected chi connectivity index (χ4v) is 5.43. The van der Waals surface area contributed by atoms with Crippen molar-refractivity contribution in [1.29, 1.82) is 5.26 Å². The second-order valence-corrected chi connectivity index (χ2v) is 11.4. The number of benzene rings is 1. The van der Waals surface area contributed by atoms with E-state index in [4.69, 9.17) is 15.1 Å². The molecule has 2 fully saturated rings. The number of ether oxygens (including phenoxy) is 1. The van der Waals surface area contributed by atoms with Crippen LogP contribution in [0.15, 0.2) is 48.7 Å². The zero-order valence-electron chi connectivity index (χ0n) is 25.7. The lowest BCUT2D eigenvalue weighted by molar-refractivity contribution is -0.117. The van der Waals surface area contributed by atoms with Gasteiger partial charge in [-0.1, -0.05) is 18.2 Å². The van der Waals surface area contributed by atoms with E-state index in [2.05, 4.69) is 42.1 Å². The van der Waals surface area contributed by atoms with Crippen LogP contribution in [0.1, 0.15) is 59.5 Å². The van der Waals surface area contributed by atoms with Gasteiger partial charge in [-0.3, -0.25) is 19.2 Å². The predicted octanol–water partition coefficient (Wildman–Crippen LogP) is 3.18. The minimum Gasteiger partial charge on any atom is -0.494 e. The highest BCUT2D eigenvalue weighted by Crippen LogP contribution is 2.41. The SMILES string of the molecule is CNC(=O)c1nnc(NC(=O)C2CC2)cc1Nc1cccc(-c2cn(C3CN(Cc4cccc(C#N)n4)C3)nc2C(C)O)c1OC. The number of anilines is 3. The Kier molecular flexibility index (Phi) is 8.60. The van der Waals surface area contributed by atoms with Crippen LogP contribution < -0.4 is 20.7 Å². The van der Waals surface area contributed by atoms with Gasteiger partial charge < -0.3 is 25.8 Å². The molecule has 0 bridgehead atoms. The molecule has 1 saturated heterocycles. The van der Waals surface area contributed by atoms with E-state index in [-0.39, 0.29) is 29.4 Å². The number of amides is 2. The molecular formula is C32H34N10O4. The second-order valence-electron chi connectivity index (χ2n) is 11.4. The molecule has 14 nitrogen and oxygen atoms in total. The number of hydrogen-bond acceptors (Lipinski definition) is 11. The summed E-state index contributed by atoms with van der Waals surface area (Å²) < 4.78 is 7.76. The van der Waals surface area contributed by atoms with Crippen LogP contribution >= 0.6 is 0 Å². The Hall–Kier alpha value is -5.39. The molecule has 4 aromatic rings. The lowest BCUT2D eigenvalue weighted by Gasteiger charge is -2.39. The van der Waals surface area contributed by atoms with Crippen molar-refractivity contribution in [3.63, 3.8) is 0 Å². The van der Waals surface area contributed by atoms with Gasteiger partial charge in [-0.15, -0.1) is 10.2 Å². The molecule has 1 aliphatic heterocycles. The lowest BCUT2D eigenvalue weighted by Crippen LogP contribution is -2.47. The number of rotatable bonds is 11. The number of likely N-dealkylation sites (tertiary alicyclic amines) is 1. The van der Waals surface area contributed by atoms with E-state index in [9.17, 15) is 14.7 Å². The van der Waals surface area contributed by atoms with Gasteiger partial charge in [0, 0.05) is 56.0 Å². The summed E-state index contributed by atoms with van der Waals surface area (Å²) >= 11 is 0. The highest BCUT2D eigenvalue weighted by molar-refractivity contribution is 6.00. The maximum absolute atomic E-state index is 12.7. The first-order valence-corrected chi connectivity index (χ1v) is 15.0. The van der Waals surface area contributed by atoms with Crippen molar-refractivity contribution < 1.29 is 19.4 Å².